The molecule has 1 aliphatic heterocycles. The highest BCUT2D eigenvalue weighted by Crippen LogP contribution is 2.36. The van der Waals surface area contributed by atoms with Crippen molar-refractivity contribution in [2.75, 3.05) is 13.1 Å². The molecule has 0 saturated carbocycles. The molecule has 0 atom stereocenters. The number of carbonyl (C=O) groups excluding carboxylic acids is 2. The second-order valence-corrected chi connectivity index (χ2v) is 8.86. The van der Waals surface area contributed by atoms with Crippen LogP contribution >= 0.6 is 0 Å². The van der Waals surface area contributed by atoms with Gasteiger partial charge >= 0.3 is 0 Å². The first kappa shape index (κ1) is 24.3. The maximum absolute atomic E-state index is 14.8. The molecule has 0 spiro atoms. The first-order chi connectivity index (χ1) is 17.7. The maximum atomic E-state index is 14.8. The van der Waals surface area contributed by atoms with Crippen molar-refractivity contribution in [1.29, 1.82) is 0 Å². The number of halogens is 4. The summed E-state index contributed by atoms with van der Waals surface area (Å²) < 4.78 is 57.9. The third kappa shape index (κ3) is 4.72. The van der Waals surface area contributed by atoms with Crippen LogP contribution in [0.5, 0.6) is 0 Å². The van der Waals surface area contributed by atoms with Gasteiger partial charge in [0.25, 0.3) is 0 Å². The summed E-state index contributed by atoms with van der Waals surface area (Å²) in [6, 6.07) is 11.2. The van der Waals surface area contributed by atoms with Crippen LogP contribution in [0, 0.1) is 23.3 Å². The van der Waals surface area contributed by atoms with Gasteiger partial charge < -0.3 is 14.8 Å². The molecule has 1 saturated heterocycles. The second-order valence-electron chi connectivity index (χ2n) is 8.86. The van der Waals surface area contributed by atoms with Gasteiger partial charge in [-0.15, -0.1) is 0 Å². The fourth-order valence-electron chi connectivity index (χ4n) is 4.55. The number of nitrogens with one attached hydrogen (secondary N) is 1. The minimum atomic E-state index is -0.789. The van der Waals surface area contributed by atoms with Crippen LogP contribution in [-0.4, -0.2) is 40.4 Å². The van der Waals surface area contributed by atoms with Crippen LogP contribution in [-0.2, 0) is 16.1 Å². The van der Waals surface area contributed by atoms with Gasteiger partial charge in [-0.25, -0.2) is 17.6 Å². The zero-order valence-corrected chi connectivity index (χ0v) is 19.5. The molecule has 0 bridgehead atoms. The number of nitrogens with zero attached hydrogens (tertiary/aromatic N) is 2. The van der Waals surface area contributed by atoms with E-state index in [1.807, 2.05) is 0 Å². The van der Waals surface area contributed by atoms with E-state index in [0.29, 0.717) is 35.1 Å². The van der Waals surface area contributed by atoms with E-state index in [0.717, 1.165) is 24.3 Å². The van der Waals surface area contributed by atoms with E-state index in [-0.39, 0.29) is 35.5 Å². The average molecular weight is 507 g/mol. The van der Waals surface area contributed by atoms with E-state index in [2.05, 4.69) is 11.9 Å². The lowest BCUT2D eigenvalue weighted by atomic mass is 9.99. The lowest BCUT2D eigenvalue weighted by molar-refractivity contribution is -0.133. The first-order valence-electron chi connectivity index (χ1n) is 11.5. The molecule has 4 aromatic rings. The Morgan fingerprint density at radius 2 is 1.54 bits per heavy atom. The number of hydrogen-bond donors (Lipinski definition) is 1. The zero-order valence-electron chi connectivity index (χ0n) is 19.5. The van der Waals surface area contributed by atoms with Crippen molar-refractivity contribution in [3.05, 3.63) is 96.7 Å². The Kier molecular flexibility index (Phi) is 6.29. The summed E-state index contributed by atoms with van der Waals surface area (Å²) in [4.78, 5) is 25.9. The highest BCUT2D eigenvalue weighted by atomic mass is 19.1. The molecule has 5 rings (SSSR count). The lowest BCUT2D eigenvalue weighted by Crippen LogP contribution is -2.61. The van der Waals surface area contributed by atoms with Crippen LogP contribution < -0.4 is 5.32 Å². The predicted octanol–water partition coefficient (Wildman–Crippen LogP) is 5.04. The summed E-state index contributed by atoms with van der Waals surface area (Å²) in [6.07, 6.45) is 2.80. The SMILES string of the molecule is C=CC(=O)N1CC(NC(=O)Cn2cc(-c3ccc(F)cc3F)c3cc(-c4ccc(F)cc4F)ccc32)C1. The van der Waals surface area contributed by atoms with Gasteiger partial charge in [-0.3, -0.25) is 9.59 Å². The van der Waals surface area contributed by atoms with Crippen molar-refractivity contribution in [1.82, 2.24) is 14.8 Å². The molecule has 9 heteroatoms. The van der Waals surface area contributed by atoms with E-state index < -0.39 is 23.3 Å². The summed E-state index contributed by atoms with van der Waals surface area (Å²) >= 11 is 0. The number of benzene rings is 3. The Morgan fingerprint density at radius 1 is 0.892 bits per heavy atom. The smallest absolute Gasteiger partial charge is 0.246 e. The van der Waals surface area contributed by atoms with Gasteiger partial charge in [0.15, 0.2) is 0 Å². The van der Waals surface area contributed by atoms with Gasteiger partial charge in [0.05, 0.1) is 6.04 Å². The molecule has 0 aliphatic carbocycles. The molecular weight excluding hydrogens is 486 g/mol. The van der Waals surface area contributed by atoms with E-state index in [4.69, 9.17) is 0 Å². The quantitative estimate of drug-likeness (QED) is 0.294. The van der Waals surface area contributed by atoms with Gasteiger partial charge in [-0.05, 0) is 48.0 Å². The molecule has 188 valence electrons. The maximum Gasteiger partial charge on any atom is 0.246 e. The molecule has 1 aromatic heterocycles. The predicted molar refractivity (Wildman–Crippen MR) is 131 cm³/mol. The largest absolute Gasteiger partial charge is 0.348 e. The summed E-state index contributed by atoms with van der Waals surface area (Å²) in [6.45, 7) is 4.09. The molecular formula is C28H21F4N3O2. The molecule has 2 amide bonds. The van der Waals surface area contributed by atoms with Crippen LogP contribution in [0.15, 0.2) is 73.4 Å². The number of hydrogen-bond acceptors (Lipinski definition) is 2. The summed E-state index contributed by atoms with van der Waals surface area (Å²) in [5, 5.41) is 3.37. The van der Waals surface area contributed by atoms with Crippen LogP contribution in [0.25, 0.3) is 33.2 Å². The Bertz CT molecular complexity index is 1560. The van der Waals surface area contributed by atoms with Crippen LogP contribution in [0.4, 0.5) is 17.6 Å². The zero-order chi connectivity index (χ0) is 26.3. The number of likely N-dealkylation sites (tertiary alicyclic amines) is 1. The van der Waals surface area contributed by atoms with Crippen molar-refractivity contribution in [2.24, 2.45) is 0 Å². The fourth-order valence-corrected chi connectivity index (χ4v) is 4.55. The number of carbonyl (C=O) groups is 2. The van der Waals surface area contributed by atoms with Crippen molar-refractivity contribution in [3.63, 3.8) is 0 Å². The van der Waals surface area contributed by atoms with Crippen LogP contribution in [0.1, 0.15) is 0 Å². The average Bonchev–Trinajstić information content (AvgIpc) is 3.17. The topological polar surface area (TPSA) is 54.3 Å². The third-order valence-electron chi connectivity index (χ3n) is 6.39. The van der Waals surface area contributed by atoms with Gasteiger partial charge in [0.1, 0.15) is 29.8 Å². The molecule has 1 aliphatic rings. The molecule has 3 aromatic carbocycles. The Labute approximate surface area is 209 Å². The Balaban J connectivity index is 1.50. The molecule has 1 N–H and O–H groups in total. The second kappa shape index (κ2) is 9.57. The van der Waals surface area contributed by atoms with E-state index >= 15 is 0 Å². The van der Waals surface area contributed by atoms with E-state index in [1.165, 1.54) is 18.2 Å². The minimum absolute atomic E-state index is 0.102. The van der Waals surface area contributed by atoms with Gasteiger partial charge in [-0.2, -0.15) is 0 Å². The Morgan fingerprint density at radius 3 is 2.16 bits per heavy atom. The monoisotopic (exact) mass is 507 g/mol. The number of aromatic nitrogens is 1. The summed E-state index contributed by atoms with van der Waals surface area (Å²) in [5.41, 5.74) is 1.65. The highest BCUT2D eigenvalue weighted by Gasteiger charge is 2.30. The molecule has 0 unspecified atom stereocenters. The van der Waals surface area contributed by atoms with E-state index in [1.54, 1.807) is 33.9 Å². The lowest BCUT2D eigenvalue weighted by Gasteiger charge is -2.38. The summed E-state index contributed by atoms with van der Waals surface area (Å²) in [5.74, 6) is -3.51. The Hall–Kier alpha value is -4.40. The fraction of sp³-hybridized carbons (Fsp3) is 0.143. The van der Waals surface area contributed by atoms with Crippen molar-refractivity contribution >= 4 is 22.7 Å². The molecule has 1 fully saturated rings. The molecule has 37 heavy (non-hydrogen) atoms. The number of amides is 2. The number of rotatable bonds is 6. The number of fused-ring (bicyclic) bond motifs is 1. The molecule has 5 nitrogen and oxygen atoms in total. The van der Waals surface area contributed by atoms with Crippen molar-refractivity contribution in [3.8, 4) is 22.3 Å². The van der Waals surface area contributed by atoms with Gasteiger partial charge in [0.2, 0.25) is 11.8 Å². The minimum Gasteiger partial charge on any atom is -0.348 e. The third-order valence-corrected chi connectivity index (χ3v) is 6.39. The van der Waals surface area contributed by atoms with Crippen LogP contribution in [0.2, 0.25) is 0 Å². The van der Waals surface area contributed by atoms with Gasteiger partial charge in [0, 0.05) is 59.0 Å². The standard InChI is InChI=1S/C28H21F4N3O2/c1-2-28(37)35-12-19(13-35)33-27(36)15-34-14-23(21-7-5-18(30)11-25(21)32)22-9-16(3-8-26(22)34)20-6-4-17(29)10-24(20)31/h2-11,14,19H,1,12-13,15H2,(H,33,36). The van der Waals surface area contributed by atoms with Crippen LogP contribution in [0.3, 0.4) is 0 Å². The van der Waals surface area contributed by atoms with Gasteiger partial charge in [-0.1, -0.05) is 12.6 Å². The van der Waals surface area contributed by atoms with Crippen molar-refractivity contribution in [2.45, 2.75) is 12.6 Å². The van der Waals surface area contributed by atoms with E-state index in [9.17, 15) is 27.2 Å². The van der Waals surface area contributed by atoms with Crippen molar-refractivity contribution < 1.29 is 27.2 Å². The summed E-state index contributed by atoms with van der Waals surface area (Å²) in [7, 11) is 0. The highest BCUT2D eigenvalue weighted by molar-refractivity contribution is 5.99. The molecule has 0 radical (unpaired) electrons. The molecule has 2 heterocycles. The first-order valence-corrected chi connectivity index (χ1v) is 11.5. The normalized spacial score (nSPS) is 13.5.